The highest BCUT2D eigenvalue weighted by molar-refractivity contribution is 5.94. The highest BCUT2D eigenvalue weighted by Gasteiger charge is 2.13. The van der Waals surface area contributed by atoms with Gasteiger partial charge >= 0.3 is 6.03 Å². The zero-order chi connectivity index (χ0) is 17.7. The Morgan fingerprint density at radius 2 is 1.75 bits per heavy atom. The molecule has 0 saturated carbocycles. The number of carbonyl (C=O) groups excluding carboxylic acids is 2. The quantitative estimate of drug-likeness (QED) is 0.789. The molecule has 0 aliphatic rings. The Kier molecular flexibility index (Phi) is 5.58. The van der Waals surface area contributed by atoms with Crippen LogP contribution < -0.4 is 16.4 Å². The molecule has 24 heavy (non-hydrogen) atoms. The Morgan fingerprint density at radius 1 is 1.08 bits per heavy atom. The van der Waals surface area contributed by atoms with Crippen LogP contribution in [0.25, 0.3) is 0 Å². The summed E-state index contributed by atoms with van der Waals surface area (Å²) in [4.78, 5) is 23.1. The van der Waals surface area contributed by atoms with Crippen LogP contribution in [0.15, 0.2) is 42.5 Å². The van der Waals surface area contributed by atoms with Gasteiger partial charge in [-0.25, -0.2) is 4.79 Å². The van der Waals surface area contributed by atoms with E-state index in [9.17, 15) is 9.59 Å². The molecule has 126 valence electrons. The monoisotopic (exact) mass is 325 g/mol. The van der Waals surface area contributed by atoms with E-state index in [1.54, 1.807) is 24.3 Å². The van der Waals surface area contributed by atoms with Crippen LogP contribution in [0, 0.1) is 13.8 Å². The van der Waals surface area contributed by atoms with Crippen molar-refractivity contribution < 1.29 is 9.59 Å². The Hall–Kier alpha value is -2.82. The summed E-state index contributed by atoms with van der Waals surface area (Å²) < 4.78 is 0. The summed E-state index contributed by atoms with van der Waals surface area (Å²) in [6.45, 7) is 6.40. The van der Waals surface area contributed by atoms with Gasteiger partial charge in [-0.2, -0.15) is 0 Å². The molecule has 5 heteroatoms. The Morgan fingerprint density at radius 3 is 2.38 bits per heavy atom. The maximum Gasteiger partial charge on any atom is 0.312 e. The third-order valence-electron chi connectivity index (χ3n) is 3.93. The zero-order valence-corrected chi connectivity index (χ0v) is 14.2. The first-order chi connectivity index (χ1) is 11.4. The molecule has 2 aromatic rings. The molecule has 0 radical (unpaired) electrons. The number of amides is 3. The molecular weight excluding hydrogens is 302 g/mol. The fourth-order valence-corrected chi connectivity index (χ4v) is 2.55. The lowest BCUT2D eigenvalue weighted by molar-refractivity contribution is 0.0939. The standard InChI is InChI=1S/C19H23N3O2/c1-12-4-5-13(2)17(10-12)14(3)22-18(23)16-8-6-15(7-9-16)11-21-19(20)24/h4-10,14H,11H2,1-3H3,(H,22,23)(H3,20,21,24). The summed E-state index contributed by atoms with van der Waals surface area (Å²) in [5, 5.41) is 5.54. The number of nitrogens with one attached hydrogen (secondary N) is 2. The lowest BCUT2D eigenvalue weighted by atomic mass is 9.99. The second-order valence-electron chi connectivity index (χ2n) is 5.97. The average Bonchev–Trinajstić information content (AvgIpc) is 2.55. The first-order valence-electron chi connectivity index (χ1n) is 7.87. The van der Waals surface area contributed by atoms with E-state index in [1.165, 1.54) is 5.56 Å². The summed E-state index contributed by atoms with van der Waals surface area (Å²) in [5.41, 5.74) is 9.94. The van der Waals surface area contributed by atoms with Crippen molar-refractivity contribution in [2.24, 2.45) is 5.73 Å². The van der Waals surface area contributed by atoms with Crippen molar-refractivity contribution in [1.29, 1.82) is 0 Å². The normalized spacial score (nSPS) is 11.6. The molecule has 1 atom stereocenters. The van der Waals surface area contributed by atoms with Crippen molar-refractivity contribution in [2.45, 2.75) is 33.4 Å². The smallest absolute Gasteiger partial charge is 0.312 e. The molecule has 0 saturated heterocycles. The maximum absolute atomic E-state index is 12.4. The van der Waals surface area contributed by atoms with Gasteiger partial charge in [0.15, 0.2) is 0 Å². The number of aryl methyl sites for hydroxylation is 2. The molecule has 0 aliphatic carbocycles. The van der Waals surface area contributed by atoms with Crippen LogP contribution in [0.3, 0.4) is 0 Å². The second-order valence-corrected chi connectivity index (χ2v) is 5.97. The van der Waals surface area contributed by atoms with Gasteiger partial charge in [0.2, 0.25) is 0 Å². The minimum absolute atomic E-state index is 0.0754. The van der Waals surface area contributed by atoms with E-state index < -0.39 is 6.03 Å². The number of nitrogens with two attached hydrogens (primary N) is 1. The Labute approximate surface area is 142 Å². The minimum atomic E-state index is -0.570. The molecular formula is C19H23N3O2. The fraction of sp³-hybridized carbons (Fsp3) is 0.263. The van der Waals surface area contributed by atoms with Gasteiger partial charge in [0.05, 0.1) is 6.04 Å². The first-order valence-corrected chi connectivity index (χ1v) is 7.87. The highest BCUT2D eigenvalue weighted by Crippen LogP contribution is 2.19. The molecule has 0 bridgehead atoms. The van der Waals surface area contributed by atoms with Crippen LogP contribution in [0.1, 0.15) is 45.6 Å². The van der Waals surface area contributed by atoms with Gasteiger partial charge in [-0.05, 0) is 49.6 Å². The summed E-state index contributed by atoms with van der Waals surface area (Å²) in [6.07, 6.45) is 0. The lowest BCUT2D eigenvalue weighted by Crippen LogP contribution is -2.29. The molecule has 0 aromatic heterocycles. The molecule has 0 heterocycles. The van der Waals surface area contributed by atoms with Crippen LogP contribution in [0.4, 0.5) is 4.79 Å². The van der Waals surface area contributed by atoms with Gasteiger partial charge in [-0.15, -0.1) is 0 Å². The topological polar surface area (TPSA) is 84.2 Å². The molecule has 1 unspecified atom stereocenters. The van der Waals surface area contributed by atoms with E-state index in [1.807, 2.05) is 20.8 Å². The van der Waals surface area contributed by atoms with E-state index in [0.717, 1.165) is 16.7 Å². The van der Waals surface area contributed by atoms with E-state index >= 15 is 0 Å². The summed E-state index contributed by atoms with van der Waals surface area (Å²) >= 11 is 0. The van der Waals surface area contributed by atoms with E-state index in [0.29, 0.717) is 12.1 Å². The molecule has 0 spiro atoms. The SMILES string of the molecule is Cc1ccc(C)c(C(C)NC(=O)c2ccc(CNC(N)=O)cc2)c1. The predicted octanol–water partition coefficient (Wildman–Crippen LogP) is 2.96. The number of rotatable bonds is 5. The van der Waals surface area contributed by atoms with Gasteiger partial charge < -0.3 is 16.4 Å². The molecule has 3 amide bonds. The van der Waals surface area contributed by atoms with Crippen molar-refractivity contribution >= 4 is 11.9 Å². The van der Waals surface area contributed by atoms with Crippen molar-refractivity contribution in [1.82, 2.24) is 10.6 Å². The molecule has 5 nitrogen and oxygen atoms in total. The van der Waals surface area contributed by atoms with Gasteiger partial charge in [0.1, 0.15) is 0 Å². The zero-order valence-electron chi connectivity index (χ0n) is 14.2. The molecule has 0 fully saturated rings. The molecule has 0 aliphatic heterocycles. The molecule has 2 rings (SSSR count). The second kappa shape index (κ2) is 7.64. The van der Waals surface area contributed by atoms with Crippen LogP contribution in [-0.2, 0) is 6.54 Å². The van der Waals surface area contributed by atoms with Gasteiger partial charge in [0, 0.05) is 12.1 Å². The Bertz CT molecular complexity index is 739. The number of carbonyl (C=O) groups is 2. The van der Waals surface area contributed by atoms with Crippen molar-refractivity contribution in [2.75, 3.05) is 0 Å². The highest BCUT2D eigenvalue weighted by atomic mass is 16.2. The Balaban J connectivity index is 2.03. The number of primary amides is 1. The molecule has 4 N–H and O–H groups in total. The third-order valence-corrected chi connectivity index (χ3v) is 3.93. The van der Waals surface area contributed by atoms with Crippen LogP contribution in [0.2, 0.25) is 0 Å². The third kappa shape index (κ3) is 4.59. The molecule has 2 aromatic carbocycles. The number of hydrogen-bond donors (Lipinski definition) is 3. The van der Waals surface area contributed by atoms with Crippen LogP contribution >= 0.6 is 0 Å². The average molecular weight is 325 g/mol. The first kappa shape index (κ1) is 17.5. The summed E-state index contributed by atoms with van der Waals surface area (Å²) in [5.74, 6) is -0.127. The number of benzene rings is 2. The van der Waals surface area contributed by atoms with Crippen LogP contribution in [0.5, 0.6) is 0 Å². The number of urea groups is 1. The van der Waals surface area contributed by atoms with Gasteiger partial charge in [-0.1, -0.05) is 35.9 Å². The summed E-state index contributed by atoms with van der Waals surface area (Å²) in [6, 6.07) is 12.7. The largest absolute Gasteiger partial charge is 0.352 e. The van der Waals surface area contributed by atoms with Crippen molar-refractivity contribution in [3.63, 3.8) is 0 Å². The maximum atomic E-state index is 12.4. The minimum Gasteiger partial charge on any atom is -0.352 e. The van der Waals surface area contributed by atoms with Crippen molar-refractivity contribution in [3.05, 3.63) is 70.3 Å². The lowest BCUT2D eigenvalue weighted by Gasteiger charge is -2.17. The van der Waals surface area contributed by atoms with E-state index in [-0.39, 0.29) is 11.9 Å². The van der Waals surface area contributed by atoms with E-state index in [2.05, 4.69) is 28.8 Å². The fourth-order valence-electron chi connectivity index (χ4n) is 2.55. The predicted molar refractivity (Wildman–Crippen MR) is 94.7 cm³/mol. The summed E-state index contributed by atoms with van der Waals surface area (Å²) in [7, 11) is 0. The number of hydrogen-bond acceptors (Lipinski definition) is 2. The van der Waals surface area contributed by atoms with E-state index in [4.69, 9.17) is 5.73 Å². The van der Waals surface area contributed by atoms with Crippen molar-refractivity contribution in [3.8, 4) is 0 Å². The van der Waals surface area contributed by atoms with Crippen LogP contribution in [-0.4, -0.2) is 11.9 Å². The van der Waals surface area contributed by atoms with Gasteiger partial charge in [0.25, 0.3) is 5.91 Å². The van der Waals surface area contributed by atoms with Gasteiger partial charge in [-0.3, -0.25) is 4.79 Å².